The lowest BCUT2D eigenvalue weighted by Crippen LogP contribution is -2.27. The molecule has 16 heavy (non-hydrogen) atoms. The Balaban J connectivity index is 2.26. The lowest BCUT2D eigenvalue weighted by molar-refractivity contribution is -0.153. The van der Waals surface area contributed by atoms with Gasteiger partial charge in [-0.2, -0.15) is 0 Å². The van der Waals surface area contributed by atoms with Crippen LogP contribution in [0.15, 0.2) is 5.38 Å². The third-order valence-corrected chi connectivity index (χ3v) is 3.16. The van der Waals surface area contributed by atoms with Crippen LogP contribution in [0.1, 0.15) is 11.0 Å². The lowest BCUT2D eigenvalue weighted by Gasteiger charge is -2.19. The molecule has 3 N–H and O–H groups in total. The topological polar surface area (TPSA) is 96.2 Å². The molecule has 1 aromatic heterocycles. The van der Waals surface area contributed by atoms with Crippen molar-refractivity contribution in [1.29, 1.82) is 0 Å². The number of thiophene rings is 1. The van der Waals surface area contributed by atoms with Crippen molar-refractivity contribution in [2.45, 2.75) is 12.2 Å². The van der Waals surface area contributed by atoms with E-state index in [9.17, 15) is 15.0 Å². The van der Waals surface area contributed by atoms with Crippen molar-refractivity contribution in [3.63, 3.8) is 0 Å². The van der Waals surface area contributed by atoms with E-state index in [-0.39, 0.29) is 4.88 Å². The van der Waals surface area contributed by atoms with Crippen LogP contribution in [0.25, 0.3) is 0 Å². The van der Waals surface area contributed by atoms with E-state index in [1.165, 1.54) is 0 Å². The Morgan fingerprint density at radius 3 is 2.75 bits per heavy atom. The van der Waals surface area contributed by atoms with Gasteiger partial charge in [-0.25, -0.2) is 4.79 Å². The molecular weight excluding hydrogens is 236 g/mol. The molecule has 2 atom stereocenters. The maximum absolute atomic E-state index is 10.5. The molecule has 0 amide bonds. The molecule has 2 unspecified atom stereocenters. The average molecular weight is 246 g/mol. The Kier molecular flexibility index (Phi) is 2.99. The fraction of sp³-hybridized carbons (Fsp3) is 0.444. The van der Waals surface area contributed by atoms with E-state index in [2.05, 4.69) is 0 Å². The summed E-state index contributed by atoms with van der Waals surface area (Å²) in [6.45, 7) is 0.757. The Hall–Kier alpha value is -1.31. The van der Waals surface area contributed by atoms with Gasteiger partial charge in [-0.15, -0.1) is 11.3 Å². The standard InChI is InChI=1S/C9H10O6S/c10-5(6(11)9(12)13)8-7-4(3-16-8)14-1-2-15-7/h3,5-6,10-11H,1-2H2,(H,12,13). The molecule has 2 rings (SSSR count). The van der Waals surface area contributed by atoms with Crippen molar-refractivity contribution in [2.24, 2.45) is 0 Å². The van der Waals surface area contributed by atoms with Gasteiger partial charge >= 0.3 is 5.97 Å². The van der Waals surface area contributed by atoms with Gasteiger partial charge < -0.3 is 24.8 Å². The first-order valence-electron chi connectivity index (χ1n) is 4.57. The molecule has 0 saturated carbocycles. The fourth-order valence-electron chi connectivity index (χ4n) is 1.37. The Bertz CT molecular complexity index is 401. The maximum Gasteiger partial charge on any atom is 0.335 e. The maximum atomic E-state index is 10.5. The summed E-state index contributed by atoms with van der Waals surface area (Å²) in [7, 11) is 0. The second-order valence-electron chi connectivity index (χ2n) is 3.22. The molecule has 0 saturated heterocycles. The van der Waals surface area contributed by atoms with Crippen molar-refractivity contribution in [3.05, 3.63) is 10.3 Å². The fourth-order valence-corrected chi connectivity index (χ4v) is 2.31. The van der Waals surface area contributed by atoms with Gasteiger partial charge in [0.1, 0.15) is 19.3 Å². The van der Waals surface area contributed by atoms with E-state index in [1.54, 1.807) is 5.38 Å². The van der Waals surface area contributed by atoms with E-state index in [1.807, 2.05) is 0 Å². The number of carboxylic acids is 1. The summed E-state index contributed by atoms with van der Waals surface area (Å²) >= 11 is 1.10. The van der Waals surface area contributed by atoms with Crippen molar-refractivity contribution in [1.82, 2.24) is 0 Å². The minimum Gasteiger partial charge on any atom is -0.485 e. The molecule has 2 heterocycles. The van der Waals surface area contributed by atoms with Gasteiger partial charge in [0.15, 0.2) is 17.6 Å². The first kappa shape index (κ1) is 11.2. The normalized spacial score (nSPS) is 17.9. The summed E-state index contributed by atoms with van der Waals surface area (Å²) in [6.07, 6.45) is -3.37. The molecule has 7 heteroatoms. The number of hydrogen-bond donors (Lipinski definition) is 3. The summed E-state index contributed by atoms with van der Waals surface area (Å²) in [4.78, 5) is 10.8. The van der Waals surface area contributed by atoms with Crippen LogP contribution < -0.4 is 9.47 Å². The van der Waals surface area contributed by atoms with E-state index in [0.29, 0.717) is 24.7 Å². The summed E-state index contributed by atoms with van der Waals surface area (Å²) < 4.78 is 10.5. The third kappa shape index (κ3) is 1.84. The van der Waals surface area contributed by atoms with Crippen LogP contribution in [-0.2, 0) is 4.79 Å². The number of rotatable bonds is 3. The zero-order valence-electron chi connectivity index (χ0n) is 8.12. The molecule has 0 radical (unpaired) electrons. The first-order valence-corrected chi connectivity index (χ1v) is 5.45. The van der Waals surface area contributed by atoms with E-state index in [0.717, 1.165) is 11.3 Å². The number of hydrogen-bond acceptors (Lipinski definition) is 6. The quantitative estimate of drug-likeness (QED) is 0.694. The van der Waals surface area contributed by atoms with Crippen molar-refractivity contribution < 1.29 is 29.6 Å². The van der Waals surface area contributed by atoms with E-state index < -0.39 is 18.2 Å². The molecule has 1 aliphatic rings. The van der Waals surface area contributed by atoms with Crippen LogP contribution in [0.3, 0.4) is 0 Å². The van der Waals surface area contributed by atoms with Crippen LogP contribution in [-0.4, -0.2) is 40.6 Å². The zero-order valence-corrected chi connectivity index (χ0v) is 8.94. The van der Waals surface area contributed by atoms with Crippen LogP contribution in [0.4, 0.5) is 0 Å². The average Bonchev–Trinajstić information content (AvgIpc) is 2.70. The van der Waals surface area contributed by atoms with E-state index in [4.69, 9.17) is 14.6 Å². The van der Waals surface area contributed by atoms with Gasteiger partial charge in [-0.05, 0) is 0 Å². The number of aliphatic hydroxyl groups is 2. The van der Waals surface area contributed by atoms with Gasteiger partial charge in [-0.1, -0.05) is 0 Å². The minimum atomic E-state index is -1.87. The number of aliphatic carboxylic acids is 1. The molecule has 6 nitrogen and oxygen atoms in total. The number of aliphatic hydroxyl groups excluding tert-OH is 2. The molecule has 1 aromatic rings. The van der Waals surface area contributed by atoms with Gasteiger partial charge in [0.25, 0.3) is 0 Å². The molecule has 0 bridgehead atoms. The monoisotopic (exact) mass is 246 g/mol. The van der Waals surface area contributed by atoms with Gasteiger partial charge in [0.2, 0.25) is 0 Å². The third-order valence-electron chi connectivity index (χ3n) is 2.15. The minimum absolute atomic E-state index is 0.268. The highest BCUT2D eigenvalue weighted by Crippen LogP contribution is 2.43. The van der Waals surface area contributed by atoms with Gasteiger partial charge in [0.05, 0.1) is 4.88 Å². The molecule has 0 fully saturated rings. The summed E-state index contributed by atoms with van der Waals surface area (Å²) in [5.41, 5.74) is 0. The predicted octanol–water partition coefficient (Wildman–Crippen LogP) is -0.00180. The Morgan fingerprint density at radius 2 is 2.06 bits per heavy atom. The molecule has 0 spiro atoms. The highest BCUT2D eigenvalue weighted by molar-refractivity contribution is 7.10. The van der Waals surface area contributed by atoms with Crippen LogP contribution in [0.5, 0.6) is 11.5 Å². The second kappa shape index (κ2) is 4.28. The molecule has 88 valence electrons. The summed E-state index contributed by atoms with van der Waals surface area (Å²) in [5, 5.41) is 29.1. The van der Waals surface area contributed by atoms with Gasteiger partial charge in [0, 0.05) is 5.38 Å². The summed E-state index contributed by atoms with van der Waals surface area (Å²) in [5.74, 6) is -0.682. The number of carbonyl (C=O) groups is 1. The summed E-state index contributed by atoms with van der Waals surface area (Å²) in [6, 6.07) is 0. The van der Waals surface area contributed by atoms with Crippen molar-refractivity contribution in [2.75, 3.05) is 13.2 Å². The first-order chi connectivity index (χ1) is 7.61. The van der Waals surface area contributed by atoms with Crippen molar-refractivity contribution in [3.8, 4) is 11.5 Å². The molecule has 0 aromatic carbocycles. The van der Waals surface area contributed by atoms with Crippen LogP contribution in [0, 0.1) is 0 Å². The zero-order chi connectivity index (χ0) is 11.7. The Morgan fingerprint density at radius 1 is 1.38 bits per heavy atom. The number of ether oxygens (including phenoxy) is 2. The highest BCUT2D eigenvalue weighted by Gasteiger charge is 2.31. The Labute approximate surface area is 94.7 Å². The van der Waals surface area contributed by atoms with Crippen LogP contribution in [0.2, 0.25) is 0 Å². The SMILES string of the molecule is O=C(O)C(O)C(O)c1scc2c1OCCO2. The van der Waals surface area contributed by atoms with Crippen molar-refractivity contribution >= 4 is 17.3 Å². The lowest BCUT2D eigenvalue weighted by atomic mass is 10.1. The number of fused-ring (bicyclic) bond motifs is 1. The highest BCUT2D eigenvalue weighted by atomic mass is 32.1. The number of carboxylic acid groups (broad SMARTS) is 1. The molecule has 0 aliphatic carbocycles. The second-order valence-corrected chi connectivity index (χ2v) is 4.13. The van der Waals surface area contributed by atoms with Gasteiger partial charge in [-0.3, -0.25) is 0 Å². The molecular formula is C9H10O6S. The van der Waals surface area contributed by atoms with E-state index >= 15 is 0 Å². The molecule has 1 aliphatic heterocycles. The van der Waals surface area contributed by atoms with Crippen LogP contribution >= 0.6 is 11.3 Å². The smallest absolute Gasteiger partial charge is 0.335 e. The largest absolute Gasteiger partial charge is 0.485 e. The predicted molar refractivity (Wildman–Crippen MR) is 53.9 cm³/mol.